The molecule has 1 fully saturated rings. The summed E-state index contributed by atoms with van der Waals surface area (Å²) in [7, 11) is 0. The summed E-state index contributed by atoms with van der Waals surface area (Å²) < 4.78 is 11.7. The quantitative estimate of drug-likeness (QED) is 0.360. The van der Waals surface area contributed by atoms with E-state index in [-0.39, 0.29) is 18.1 Å². The third-order valence-electron chi connectivity index (χ3n) is 5.66. The van der Waals surface area contributed by atoms with Gasteiger partial charge in [-0.2, -0.15) is 0 Å². The molecular formula is C24H30Cl2N2O3. The number of aromatic nitrogens is 1. The second kappa shape index (κ2) is 11.1. The first-order valence-corrected chi connectivity index (χ1v) is 11.5. The van der Waals surface area contributed by atoms with Crippen molar-refractivity contribution in [2.24, 2.45) is 5.41 Å². The van der Waals surface area contributed by atoms with Crippen LogP contribution in [0.1, 0.15) is 52.4 Å². The first-order valence-electron chi connectivity index (χ1n) is 10.8. The number of hydrogen-bond acceptors (Lipinski definition) is 4. The molecule has 0 aliphatic heterocycles. The van der Waals surface area contributed by atoms with Gasteiger partial charge in [0.15, 0.2) is 0 Å². The Hall–Kier alpha value is -1.98. The molecule has 0 bridgehead atoms. The van der Waals surface area contributed by atoms with Gasteiger partial charge < -0.3 is 14.8 Å². The predicted molar refractivity (Wildman–Crippen MR) is 124 cm³/mol. The molecule has 0 saturated heterocycles. The molecule has 3 rings (SSSR count). The van der Waals surface area contributed by atoms with Gasteiger partial charge in [-0.1, -0.05) is 37.0 Å². The van der Waals surface area contributed by atoms with Gasteiger partial charge in [-0.25, -0.2) is 4.98 Å². The van der Waals surface area contributed by atoms with Gasteiger partial charge in [0.05, 0.1) is 18.9 Å². The number of ether oxygens (including phenoxy) is 2. The molecule has 0 atom stereocenters. The number of nitrogens with one attached hydrogen (secondary N) is 1. The number of nitrogens with zero attached hydrogens (tertiary/aromatic N) is 1. The topological polar surface area (TPSA) is 60.5 Å². The van der Waals surface area contributed by atoms with Crippen LogP contribution in [0.15, 0.2) is 42.6 Å². The van der Waals surface area contributed by atoms with E-state index in [0.717, 1.165) is 50.0 Å². The van der Waals surface area contributed by atoms with Crippen LogP contribution in [-0.2, 0) is 4.79 Å². The molecule has 31 heavy (non-hydrogen) atoms. The number of rotatable bonds is 9. The van der Waals surface area contributed by atoms with E-state index >= 15 is 0 Å². The average molecular weight is 465 g/mol. The van der Waals surface area contributed by atoms with Crippen LogP contribution in [0.2, 0.25) is 10.2 Å². The van der Waals surface area contributed by atoms with Gasteiger partial charge in [0.1, 0.15) is 16.7 Å². The summed E-state index contributed by atoms with van der Waals surface area (Å²) in [5.74, 6) is 1.63. The molecular weight excluding hydrogens is 435 g/mol. The second-order valence-electron chi connectivity index (χ2n) is 8.67. The van der Waals surface area contributed by atoms with Crippen molar-refractivity contribution < 1.29 is 14.3 Å². The monoisotopic (exact) mass is 464 g/mol. The lowest BCUT2D eigenvalue weighted by molar-refractivity contribution is -0.130. The minimum Gasteiger partial charge on any atom is -0.494 e. The van der Waals surface area contributed by atoms with E-state index in [2.05, 4.69) is 10.3 Å². The number of pyridine rings is 1. The lowest BCUT2D eigenvalue weighted by atomic mass is 9.85. The van der Waals surface area contributed by atoms with Crippen LogP contribution in [0.25, 0.3) is 0 Å². The van der Waals surface area contributed by atoms with Crippen LogP contribution in [0.5, 0.6) is 11.5 Å². The molecule has 5 nitrogen and oxygen atoms in total. The number of benzene rings is 1. The number of carbonyl (C=O) groups excluding carboxylic acids is 1. The van der Waals surface area contributed by atoms with Crippen LogP contribution >= 0.6 is 23.2 Å². The van der Waals surface area contributed by atoms with Crippen LogP contribution in [0, 0.1) is 5.41 Å². The summed E-state index contributed by atoms with van der Waals surface area (Å²) in [5, 5.41) is 4.38. The lowest BCUT2D eigenvalue weighted by Crippen LogP contribution is -2.45. The second-order valence-corrected chi connectivity index (χ2v) is 9.50. The summed E-state index contributed by atoms with van der Waals surface area (Å²) >= 11 is 11.7. The number of carbonyl (C=O) groups is 1. The van der Waals surface area contributed by atoms with E-state index in [4.69, 9.17) is 32.7 Å². The Balaban J connectivity index is 1.35. The molecule has 1 aliphatic rings. The molecule has 2 aromatic rings. The molecule has 1 aromatic heterocycles. The van der Waals surface area contributed by atoms with Crippen molar-refractivity contribution in [3.63, 3.8) is 0 Å². The van der Waals surface area contributed by atoms with E-state index < -0.39 is 5.41 Å². The van der Waals surface area contributed by atoms with E-state index in [1.54, 1.807) is 24.4 Å². The zero-order valence-electron chi connectivity index (χ0n) is 18.1. The molecule has 168 valence electrons. The molecule has 0 radical (unpaired) electrons. The van der Waals surface area contributed by atoms with Crippen LogP contribution < -0.4 is 14.8 Å². The summed E-state index contributed by atoms with van der Waals surface area (Å²) in [6.07, 6.45) is 6.99. The molecule has 7 heteroatoms. The fourth-order valence-electron chi connectivity index (χ4n) is 3.68. The van der Waals surface area contributed by atoms with E-state index in [9.17, 15) is 4.79 Å². The van der Waals surface area contributed by atoms with Gasteiger partial charge in [-0.15, -0.1) is 0 Å². The first-order chi connectivity index (χ1) is 14.8. The zero-order chi connectivity index (χ0) is 22.3. The maximum absolute atomic E-state index is 12.8. The van der Waals surface area contributed by atoms with Gasteiger partial charge in [0, 0.05) is 16.5 Å². The molecule has 1 saturated carbocycles. The molecule has 1 aromatic carbocycles. The Morgan fingerprint density at radius 3 is 2.39 bits per heavy atom. The Labute approximate surface area is 194 Å². The van der Waals surface area contributed by atoms with Gasteiger partial charge >= 0.3 is 0 Å². The summed E-state index contributed by atoms with van der Waals surface area (Å²) in [6.45, 7) is 4.56. The van der Waals surface area contributed by atoms with Crippen molar-refractivity contribution in [2.45, 2.75) is 64.5 Å². The lowest BCUT2D eigenvalue weighted by Gasteiger charge is -2.32. The SMILES string of the molecule is CC(C)(CCCOc1ccc(Cl)cc1)C(=O)N[C@H]1CC[C@@H](Oc2ccc(Cl)nc2)CC1. The van der Waals surface area contributed by atoms with Crippen molar-refractivity contribution in [3.05, 3.63) is 52.8 Å². The Bertz CT molecular complexity index is 833. The summed E-state index contributed by atoms with van der Waals surface area (Å²) in [4.78, 5) is 16.9. The molecule has 0 spiro atoms. The molecule has 0 unspecified atom stereocenters. The van der Waals surface area contributed by atoms with Crippen LogP contribution in [0.3, 0.4) is 0 Å². The Morgan fingerprint density at radius 1 is 1.06 bits per heavy atom. The van der Waals surface area contributed by atoms with Crippen molar-refractivity contribution in [1.29, 1.82) is 0 Å². The van der Waals surface area contributed by atoms with Crippen molar-refractivity contribution in [1.82, 2.24) is 10.3 Å². The van der Waals surface area contributed by atoms with Crippen LogP contribution in [-0.4, -0.2) is 29.6 Å². The molecule has 1 heterocycles. The Kier molecular flexibility index (Phi) is 8.44. The third-order valence-corrected chi connectivity index (χ3v) is 6.13. The van der Waals surface area contributed by atoms with Gasteiger partial charge in [0.25, 0.3) is 0 Å². The molecule has 1 N–H and O–H groups in total. The fourth-order valence-corrected chi connectivity index (χ4v) is 3.92. The summed E-state index contributed by atoms with van der Waals surface area (Å²) in [5.41, 5.74) is -0.439. The van der Waals surface area contributed by atoms with Crippen molar-refractivity contribution >= 4 is 29.1 Å². The third kappa shape index (κ3) is 7.58. The highest BCUT2D eigenvalue weighted by atomic mass is 35.5. The van der Waals surface area contributed by atoms with E-state index in [1.807, 2.05) is 32.0 Å². The van der Waals surface area contributed by atoms with E-state index in [0.29, 0.717) is 16.8 Å². The highest BCUT2D eigenvalue weighted by Crippen LogP contribution is 2.27. The molecule has 1 aliphatic carbocycles. The maximum atomic E-state index is 12.8. The largest absolute Gasteiger partial charge is 0.494 e. The normalized spacial score (nSPS) is 19.0. The number of hydrogen-bond donors (Lipinski definition) is 1. The average Bonchev–Trinajstić information content (AvgIpc) is 2.75. The summed E-state index contributed by atoms with van der Waals surface area (Å²) in [6, 6.07) is 11.1. The highest BCUT2D eigenvalue weighted by Gasteiger charge is 2.31. The number of amides is 1. The minimum absolute atomic E-state index is 0.102. The van der Waals surface area contributed by atoms with E-state index in [1.165, 1.54) is 0 Å². The smallest absolute Gasteiger partial charge is 0.225 e. The fraction of sp³-hybridized carbons (Fsp3) is 0.500. The first kappa shape index (κ1) is 23.7. The highest BCUT2D eigenvalue weighted by molar-refractivity contribution is 6.30. The molecule has 1 amide bonds. The van der Waals surface area contributed by atoms with Gasteiger partial charge in [-0.05, 0) is 74.9 Å². The van der Waals surface area contributed by atoms with Crippen LogP contribution in [0.4, 0.5) is 0 Å². The van der Waals surface area contributed by atoms with Crippen molar-refractivity contribution in [2.75, 3.05) is 6.61 Å². The standard InChI is InChI=1S/C24H30Cl2N2O3/c1-24(2,14-3-15-30-19-8-4-17(25)5-9-19)23(29)28-18-6-10-20(11-7-18)31-21-12-13-22(26)27-16-21/h4-5,8-9,12-13,16,18,20H,3,6-7,10-11,14-15H2,1-2H3,(H,28,29)/t18-,20+. The maximum Gasteiger partial charge on any atom is 0.225 e. The zero-order valence-corrected chi connectivity index (χ0v) is 19.6. The van der Waals surface area contributed by atoms with Gasteiger partial charge in [-0.3, -0.25) is 4.79 Å². The van der Waals surface area contributed by atoms with Gasteiger partial charge in [0.2, 0.25) is 5.91 Å². The van der Waals surface area contributed by atoms with Crippen molar-refractivity contribution in [3.8, 4) is 11.5 Å². The minimum atomic E-state index is -0.439. The predicted octanol–water partition coefficient (Wildman–Crippen LogP) is 6.08. The Morgan fingerprint density at radius 2 is 1.74 bits per heavy atom. The number of halogens is 2.